The summed E-state index contributed by atoms with van der Waals surface area (Å²) in [6, 6.07) is 14.6. The Hall–Kier alpha value is -1.65. The summed E-state index contributed by atoms with van der Waals surface area (Å²) in [5.41, 5.74) is 2.16. The number of anilines is 1. The van der Waals surface area contributed by atoms with Crippen molar-refractivity contribution < 1.29 is 4.79 Å². The van der Waals surface area contributed by atoms with Gasteiger partial charge in [-0.25, -0.2) is 0 Å². The SMILES string of the molecule is Cc1ccc([C@@H]2CC(=O)Nc3c2cc(Br)c2ccccc32)s1. The highest BCUT2D eigenvalue weighted by atomic mass is 79.9. The van der Waals surface area contributed by atoms with E-state index in [2.05, 4.69) is 58.5 Å². The molecule has 0 bridgehead atoms. The largest absolute Gasteiger partial charge is 0.325 e. The summed E-state index contributed by atoms with van der Waals surface area (Å²) in [5, 5.41) is 5.31. The smallest absolute Gasteiger partial charge is 0.225 e. The van der Waals surface area contributed by atoms with Gasteiger partial charge >= 0.3 is 0 Å². The van der Waals surface area contributed by atoms with Crippen LogP contribution < -0.4 is 5.32 Å². The third-order valence-electron chi connectivity index (χ3n) is 4.16. The first kappa shape index (κ1) is 14.0. The summed E-state index contributed by atoms with van der Waals surface area (Å²) in [6.45, 7) is 2.11. The highest BCUT2D eigenvalue weighted by molar-refractivity contribution is 9.10. The number of carbonyl (C=O) groups is 1. The lowest BCUT2D eigenvalue weighted by Gasteiger charge is -2.27. The molecule has 0 radical (unpaired) electrons. The quantitative estimate of drug-likeness (QED) is 0.605. The number of halogens is 1. The molecule has 1 atom stereocenters. The van der Waals surface area contributed by atoms with Gasteiger partial charge in [-0.2, -0.15) is 0 Å². The van der Waals surface area contributed by atoms with Crippen LogP contribution in [0.1, 0.15) is 27.7 Å². The molecule has 0 unspecified atom stereocenters. The Kier molecular flexibility index (Phi) is 3.31. The Balaban J connectivity index is 1.99. The van der Waals surface area contributed by atoms with Crippen molar-refractivity contribution in [3.05, 3.63) is 62.3 Å². The lowest BCUT2D eigenvalue weighted by atomic mass is 9.87. The molecule has 2 nitrogen and oxygen atoms in total. The summed E-state index contributed by atoms with van der Waals surface area (Å²) in [4.78, 5) is 14.8. The molecule has 2 aromatic carbocycles. The Bertz CT molecular complexity index is 899. The maximum atomic E-state index is 12.2. The predicted octanol–water partition coefficient (Wildman–Crippen LogP) is 5.45. The standard InChI is InChI=1S/C18H14BrNOS/c1-10-6-7-16(22-10)13-9-17(21)20-18-12-5-3-2-4-11(12)15(19)8-14(13)18/h2-8,13H,9H2,1H3,(H,20,21)/t13-/m1/s1. The van der Waals surface area contributed by atoms with Gasteiger partial charge in [0.1, 0.15) is 0 Å². The number of benzene rings is 2. The van der Waals surface area contributed by atoms with E-state index in [1.165, 1.54) is 15.3 Å². The van der Waals surface area contributed by atoms with Crippen molar-refractivity contribution in [2.75, 3.05) is 5.32 Å². The number of fused-ring (bicyclic) bond motifs is 3. The lowest BCUT2D eigenvalue weighted by Crippen LogP contribution is -2.23. The summed E-state index contributed by atoms with van der Waals surface area (Å²) in [7, 11) is 0. The number of amides is 1. The zero-order chi connectivity index (χ0) is 15.3. The minimum atomic E-state index is 0.0935. The van der Waals surface area contributed by atoms with Crippen LogP contribution in [0.5, 0.6) is 0 Å². The van der Waals surface area contributed by atoms with Crippen molar-refractivity contribution in [1.82, 2.24) is 0 Å². The molecule has 110 valence electrons. The minimum absolute atomic E-state index is 0.0935. The van der Waals surface area contributed by atoms with Crippen molar-refractivity contribution in [2.45, 2.75) is 19.3 Å². The second-order valence-corrected chi connectivity index (χ2v) is 7.80. The maximum absolute atomic E-state index is 12.2. The van der Waals surface area contributed by atoms with E-state index >= 15 is 0 Å². The second kappa shape index (κ2) is 5.21. The van der Waals surface area contributed by atoms with Crippen molar-refractivity contribution >= 4 is 49.6 Å². The molecule has 4 heteroatoms. The molecule has 1 aliphatic heterocycles. The van der Waals surface area contributed by atoms with E-state index in [1.54, 1.807) is 11.3 Å². The summed E-state index contributed by atoms with van der Waals surface area (Å²) < 4.78 is 1.08. The fraction of sp³-hybridized carbons (Fsp3) is 0.167. The molecule has 0 saturated carbocycles. The van der Waals surface area contributed by atoms with Gasteiger partial charge < -0.3 is 5.32 Å². The van der Waals surface area contributed by atoms with Crippen LogP contribution in [0.25, 0.3) is 10.8 Å². The monoisotopic (exact) mass is 371 g/mol. The molecule has 0 aliphatic carbocycles. The molecule has 4 rings (SSSR count). The van der Waals surface area contributed by atoms with Gasteiger partial charge in [0.2, 0.25) is 5.91 Å². The molecule has 2 heterocycles. The van der Waals surface area contributed by atoms with Gasteiger partial charge in [0.05, 0.1) is 5.69 Å². The molecule has 1 aliphatic rings. The van der Waals surface area contributed by atoms with Crippen LogP contribution in [-0.4, -0.2) is 5.91 Å². The third kappa shape index (κ3) is 2.18. The lowest BCUT2D eigenvalue weighted by molar-refractivity contribution is -0.116. The number of carbonyl (C=O) groups excluding carboxylic acids is 1. The topological polar surface area (TPSA) is 29.1 Å². The van der Waals surface area contributed by atoms with E-state index in [9.17, 15) is 4.79 Å². The van der Waals surface area contributed by atoms with Crippen LogP contribution in [0.4, 0.5) is 5.69 Å². The van der Waals surface area contributed by atoms with Gasteiger partial charge in [0.15, 0.2) is 0 Å². The summed E-state index contributed by atoms with van der Waals surface area (Å²) >= 11 is 5.46. The number of aryl methyl sites for hydroxylation is 1. The highest BCUT2D eigenvalue weighted by Gasteiger charge is 2.29. The Labute approximate surface area is 141 Å². The average Bonchev–Trinajstić information content (AvgIpc) is 2.94. The summed E-state index contributed by atoms with van der Waals surface area (Å²) in [6.07, 6.45) is 0.512. The van der Waals surface area contributed by atoms with Crippen LogP contribution in [-0.2, 0) is 4.79 Å². The maximum Gasteiger partial charge on any atom is 0.225 e. The third-order valence-corrected chi connectivity index (χ3v) is 5.93. The van der Waals surface area contributed by atoms with Crippen LogP contribution in [0.2, 0.25) is 0 Å². The number of rotatable bonds is 1. The zero-order valence-electron chi connectivity index (χ0n) is 12.0. The second-order valence-electron chi connectivity index (χ2n) is 5.62. The van der Waals surface area contributed by atoms with Crippen molar-refractivity contribution in [3.8, 4) is 0 Å². The fourth-order valence-corrected chi connectivity index (χ4v) is 4.73. The number of nitrogens with one attached hydrogen (secondary N) is 1. The Morgan fingerprint density at radius 2 is 1.95 bits per heavy atom. The number of hydrogen-bond donors (Lipinski definition) is 1. The first-order valence-electron chi connectivity index (χ1n) is 7.21. The molecular formula is C18H14BrNOS. The molecule has 1 amide bonds. The summed E-state index contributed by atoms with van der Waals surface area (Å²) in [5.74, 6) is 0.236. The molecule has 0 fully saturated rings. The minimum Gasteiger partial charge on any atom is -0.325 e. The van der Waals surface area contributed by atoms with Crippen molar-refractivity contribution in [1.29, 1.82) is 0 Å². The van der Waals surface area contributed by atoms with Gasteiger partial charge in [-0.15, -0.1) is 11.3 Å². The van der Waals surface area contributed by atoms with Gasteiger partial charge in [-0.3, -0.25) is 4.79 Å². The van der Waals surface area contributed by atoms with E-state index in [-0.39, 0.29) is 11.8 Å². The van der Waals surface area contributed by atoms with Crippen molar-refractivity contribution in [2.24, 2.45) is 0 Å². The highest BCUT2D eigenvalue weighted by Crippen LogP contribution is 2.44. The van der Waals surface area contributed by atoms with Gasteiger partial charge in [-0.1, -0.05) is 40.2 Å². The number of thiophene rings is 1. The fourth-order valence-electron chi connectivity index (χ4n) is 3.15. The van der Waals surface area contributed by atoms with E-state index in [1.807, 2.05) is 12.1 Å². The van der Waals surface area contributed by atoms with E-state index in [0.717, 1.165) is 20.9 Å². The average molecular weight is 372 g/mol. The normalized spacial score (nSPS) is 17.4. The molecule has 1 N–H and O–H groups in total. The van der Waals surface area contributed by atoms with Crippen LogP contribution in [0.3, 0.4) is 0 Å². The van der Waals surface area contributed by atoms with Gasteiger partial charge in [0, 0.05) is 32.0 Å². The predicted molar refractivity (Wildman–Crippen MR) is 95.8 cm³/mol. The first-order valence-corrected chi connectivity index (χ1v) is 8.82. The Morgan fingerprint density at radius 3 is 2.68 bits per heavy atom. The molecule has 0 spiro atoms. The zero-order valence-corrected chi connectivity index (χ0v) is 14.4. The van der Waals surface area contributed by atoms with Crippen LogP contribution >= 0.6 is 27.3 Å². The van der Waals surface area contributed by atoms with Gasteiger partial charge in [0.25, 0.3) is 0 Å². The Morgan fingerprint density at radius 1 is 1.18 bits per heavy atom. The molecule has 22 heavy (non-hydrogen) atoms. The van der Waals surface area contributed by atoms with Crippen LogP contribution in [0, 0.1) is 6.92 Å². The van der Waals surface area contributed by atoms with E-state index < -0.39 is 0 Å². The van der Waals surface area contributed by atoms with E-state index in [0.29, 0.717) is 6.42 Å². The molecule has 3 aromatic rings. The van der Waals surface area contributed by atoms with Crippen LogP contribution in [0.15, 0.2) is 46.9 Å². The van der Waals surface area contributed by atoms with Crippen molar-refractivity contribution in [3.63, 3.8) is 0 Å². The number of hydrogen-bond acceptors (Lipinski definition) is 2. The van der Waals surface area contributed by atoms with E-state index in [4.69, 9.17) is 0 Å². The molecular weight excluding hydrogens is 358 g/mol. The molecule has 0 saturated heterocycles. The van der Waals surface area contributed by atoms with Gasteiger partial charge in [-0.05, 0) is 36.1 Å². The molecule has 1 aromatic heterocycles. The first-order chi connectivity index (χ1) is 10.6.